The molecular formula is C20H20BrN5O2S. The average molecular weight is 474 g/mol. The van der Waals surface area contributed by atoms with Gasteiger partial charge in [-0.05, 0) is 53.0 Å². The summed E-state index contributed by atoms with van der Waals surface area (Å²) >= 11 is 4.81. The molecule has 0 radical (unpaired) electrons. The van der Waals surface area contributed by atoms with E-state index in [0.29, 0.717) is 11.7 Å². The molecule has 0 bridgehead atoms. The molecule has 2 aromatic heterocycles. The van der Waals surface area contributed by atoms with Crippen LogP contribution in [0.1, 0.15) is 12.8 Å². The zero-order chi connectivity index (χ0) is 20.1. The van der Waals surface area contributed by atoms with E-state index in [1.807, 2.05) is 41.0 Å². The van der Waals surface area contributed by atoms with Crippen molar-refractivity contribution in [3.8, 4) is 11.4 Å². The molecular weight excluding hydrogens is 454 g/mol. The maximum absolute atomic E-state index is 12.4. The highest BCUT2D eigenvalue weighted by molar-refractivity contribution is 9.10. The molecule has 0 saturated carbocycles. The van der Waals surface area contributed by atoms with Crippen LogP contribution in [0.4, 0.5) is 5.69 Å². The maximum Gasteiger partial charge on any atom is 0.234 e. The van der Waals surface area contributed by atoms with E-state index in [0.717, 1.165) is 41.0 Å². The van der Waals surface area contributed by atoms with Crippen LogP contribution < -0.4 is 5.32 Å². The van der Waals surface area contributed by atoms with Crippen molar-refractivity contribution in [1.82, 2.24) is 19.7 Å². The molecule has 1 amide bonds. The van der Waals surface area contributed by atoms with Gasteiger partial charge in [0.05, 0.1) is 24.1 Å². The Morgan fingerprint density at radius 2 is 2.07 bits per heavy atom. The van der Waals surface area contributed by atoms with E-state index in [9.17, 15) is 4.79 Å². The lowest BCUT2D eigenvalue weighted by molar-refractivity contribution is -0.113. The van der Waals surface area contributed by atoms with Crippen LogP contribution in [0.3, 0.4) is 0 Å². The third-order valence-corrected chi connectivity index (χ3v) is 6.20. The summed E-state index contributed by atoms with van der Waals surface area (Å²) in [5, 5.41) is 12.3. The van der Waals surface area contributed by atoms with Gasteiger partial charge in [-0.2, -0.15) is 0 Å². The molecule has 3 aromatic rings. The Hall–Kier alpha value is -2.23. The van der Waals surface area contributed by atoms with Gasteiger partial charge in [0.2, 0.25) is 5.91 Å². The summed E-state index contributed by atoms with van der Waals surface area (Å²) in [4.78, 5) is 16.5. The van der Waals surface area contributed by atoms with Crippen LogP contribution in [-0.2, 0) is 16.1 Å². The van der Waals surface area contributed by atoms with E-state index >= 15 is 0 Å². The van der Waals surface area contributed by atoms with Crippen molar-refractivity contribution < 1.29 is 9.53 Å². The van der Waals surface area contributed by atoms with E-state index in [2.05, 4.69) is 36.4 Å². The van der Waals surface area contributed by atoms with Crippen molar-refractivity contribution in [3.63, 3.8) is 0 Å². The molecule has 0 aliphatic carbocycles. The number of aromatic nitrogens is 4. The topological polar surface area (TPSA) is 81.9 Å². The van der Waals surface area contributed by atoms with Crippen LogP contribution in [0.2, 0.25) is 0 Å². The molecule has 1 aliphatic heterocycles. The van der Waals surface area contributed by atoms with E-state index < -0.39 is 0 Å². The lowest BCUT2D eigenvalue weighted by atomic mass is 10.2. The molecule has 9 heteroatoms. The molecule has 1 atom stereocenters. The van der Waals surface area contributed by atoms with Gasteiger partial charge < -0.3 is 10.1 Å². The van der Waals surface area contributed by atoms with Crippen molar-refractivity contribution in [3.05, 3.63) is 53.3 Å². The molecule has 0 unspecified atom stereocenters. The molecule has 1 aliphatic rings. The summed E-state index contributed by atoms with van der Waals surface area (Å²) in [6.45, 7) is 1.45. The molecule has 4 rings (SSSR count). The van der Waals surface area contributed by atoms with Crippen LogP contribution in [0.5, 0.6) is 0 Å². The summed E-state index contributed by atoms with van der Waals surface area (Å²) in [5.74, 6) is 0.900. The zero-order valence-electron chi connectivity index (χ0n) is 15.6. The number of nitrogens with zero attached hydrogens (tertiary/aromatic N) is 4. The highest BCUT2D eigenvalue weighted by Crippen LogP contribution is 2.27. The van der Waals surface area contributed by atoms with Gasteiger partial charge in [-0.1, -0.05) is 23.9 Å². The number of carbonyl (C=O) groups excluding carboxylic acids is 1. The highest BCUT2D eigenvalue weighted by atomic mass is 79.9. The predicted molar refractivity (Wildman–Crippen MR) is 116 cm³/mol. The van der Waals surface area contributed by atoms with Gasteiger partial charge in [0.15, 0.2) is 11.0 Å². The van der Waals surface area contributed by atoms with Crippen LogP contribution in [0.15, 0.2) is 58.4 Å². The second-order valence-corrected chi connectivity index (χ2v) is 8.40. The Kier molecular flexibility index (Phi) is 6.58. The Balaban J connectivity index is 1.49. The van der Waals surface area contributed by atoms with Crippen LogP contribution in [0.25, 0.3) is 11.4 Å². The summed E-state index contributed by atoms with van der Waals surface area (Å²) in [6.07, 6.45) is 5.69. The van der Waals surface area contributed by atoms with Gasteiger partial charge in [-0.25, -0.2) is 0 Å². The highest BCUT2D eigenvalue weighted by Gasteiger charge is 2.22. The zero-order valence-corrected chi connectivity index (χ0v) is 18.0. The fourth-order valence-electron chi connectivity index (χ4n) is 3.15. The number of hydrogen-bond acceptors (Lipinski definition) is 6. The smallest absolute Gasteiger partial charge is 0.234 e. The summed E-state index contributed by atoms with van der Waals surface area (Å²) in [6, 6.07) is 11.3. The average Bonchev–Trinajstić information content (AvgIpc) is 3.39. The number of halogens is 1. The SMILES string of the molecule is O=C(CSc1nnc(-c2ccncc2)n1C[C@H]1CCCO1)Nc1ccccc1Br. The second kappa shape index (κ2) is 9.51. The normalized spacial score (nSPS) is 16.1. The predicted octanol–water partition coefficient (Wildman–Crippen LogP) is 4.01. The Labute approximate surface area is 181 Å². The van der Waals surface area contributed by atoms with Crippen molar-refractivity contribution in [2.75, 3.05) is 17.7 Å². The molecule has 1 saturated heterocycles. The van der Waals surface area contributed by atoms with Gasteiger partial charge in [-0.15, -0.1) is 10.2 Å². The summed E-state index contributed by atoms with van der Waals surface area (Å²) in [5.41, 5.74) is 1.69. The largest absolute Gasteiger partial charge is 0.376 e. The van der Waals surface area contributed by atoms with Gasteiger partial charge >= 0.3 is 0 Å². The number of rotatable bonds is 7. The Morgan fingerprint density at radius 3 is 2.83 bits per heavy atom. The summed E-state index contributed by atoms with van der Waals surface area (Å²) < 4.78 is 8.70. The second-order valence-electron chi connectivity index (χ2n) is 6.60. The minimum atomic E-state index is -0.0981. The number of nitrogens with one attached hydrogen (secondary N) is 1. The minimum absolute atomic E-state index is 0.0981. The van der Waals surface area contributed by atoms with Crippen molar-refractivity contribution in [2.45, 2.75) is 30.6 Å². The van der Waals surface area contributed by atoms with Crippen molar-refractivity contribution >= 4 is 39.3 Å². The van der Waals surface area contributed by atoms with Crippen LogP contribution in [-0.4, -0.2) is 44.1 Å². The number of carbonyl (C=O) groups is 1. The first-order valence-corrected chi connectivity index (χ1v) is 11.1. The van der Waals surface area contributed by atoms with Gasteiger partial charge in [0, 0.05) is 29.0 Å². The van der Waals surface area contributed by atoms with Crippen LogP contribution in [0, 0.1) is 0 Å². The fraction of sp³-hybridized carbons (Fsp3) is 0.300. The van der Waals surface area contributed by atoms with E-state index in [-0.39, 0.29) is 17.8 Å². The first-order valence-electron chi connectivity index (χ1n) is 9.33. The standard InChI is InChI=1S/C20H20BrN5O2S/c21-16-5-1-2-6-17(16)23-18(27)13-29-20-25-24-19(14-7-9-22-10-8-14)26(20)12-15-4-3-11-28-15/h1-2,5-10,15H,3-4,11-13H2,(H,23,27)/t15-/m1/s1. The minimum Gasteiger partial charge on any atom is -0.376 e. The molecule has 1 N–H and O–H groups in total. The van der Waals surface area contributed by atoms with Gasteiger partial charge in [-0.3, -0.25) is 14.3 Å². The Morgan fingerprint density at radius 1 is 1.24 bits per heavy atom. The van der Waals surface area contributed by atoms with Gasteiger partial charge in [0.1, 0.15) is 0 Å². The molecule has 0 spiro atoms. The maximum atomic E-state index is 12.4. The van der Waals surface area contributed by atoms with E-state index in [1.54, 1.807) is 12.4 Å². The van der Waals surface area contributed by atoms with Crippen LogP contribution >= 0.6 is 27.7 Å². The lowest BCUT2D eigenvalue weighted by Crippen LogP contribution is -2.18. The lowest BCUT2D eigenvalue weighted by Gasteiger charge is -2.14. The molecule has 29 heavy (non-hydrogen) atoms. The van der Waals surface area contributed by atoms with E-state index in [1.165, 1.54) is 11.8 Å². The number of anilines is 1. The monoisotopic (exact) mass is 473 g/mol. The number of pyridine rings is 1. The molecule has 1 fully saturated rings. The number of ether oxygens (including phenoxy) is 1. The number of amides is 1. The molecule has 7 nitrogen and oxygen atoms in total. The van der Waals surface area contributed by atoms with Gasteiger partial charge in [0.25, 0.3) is 0 Å². The van der Waals surface area contributed by atoms with Crippen molar-refractivity contribution in [1.29, 1.82) is 0 Å². The third kappa shape index (κ3) is 5.04. The number of para-hydroxylation sites is 1. The first-order chi connectivity index (χ1) is 14.2. The molecule has 3 heterocycles. The third-order valence-electron chi connectivity index (χ3n) is 4.55. The quantitative estimate of drug-likeness (QED) is 0.521. The first kappa shape index (κ1) is 20.1. The summed E-state index contributed by atoms with van der Waals surface area (Å²) in [7, 11) is 0. The fourth-order valence-corrected chi connectivity index (χ4v) is 4.28. The number of benzene rings is 1. The number of thioether (sulfide) groups is 1. The van der Waals surface area contributed by atoms with E-state index in [4.69, 9.17) is 4.74 Å². The Bertz CT molecular complexity index is 976. The molecule has 150 valence electrons. The van der Waals surface area contributed by atoms with Crippen molar-refractivity contribution in [2.24, 2.45) is 0 Å². The number of hydrogen-bond donors (Lipinski definition) is 1. The molecule has 1 aromatic carbocycles.